The highest BCUT2D eigenvalue weighted by Gasteiger charge is 2.26. The molecule has 0 saturated carbocycles. The van der Waals surface area contributed by atoms with Crippen LogP contribution in [-0.2, 0) is 31.9 Å². The summed E-state index contributed by atoms with van der Waals surface area (Å²) in [5.74, 6) is -0.127. The van der Waals surface area contributed by atoms with Crippen LogP contribution in [-0.4, -0.2) is 38.7 Å². The van der Waals surface area contributed by atoms with E-state index in [2.05, 4.69) is 11.4 Å². The summed E-state index contributed by atoms with van der Waals surface area (Å²) in [5.41, 5.74) is 5.05. The van der Waals surface area contributed by atoms with Crippen molar-refractivity contribution in [2.24, 2.45) is 0 Å². The molecule has 2 aliphatic heterocycles. The van der Waals surface area contributed by atoms with E-state index in [0.717, 1.165) is 35.3 Å². The minimum atomic E-state index is -0.207. The van der Waals surface area contributed by atoms with E-state index in [4.69, 9.17) is 9.47 Å². The fraction of sp³-hybridized carbons (Fsp3) is 0.364. The average Bonchev–Trinajstić information content (AvgIpc) is 3.12. The molecule has 0 fully saturated rings. The first-order valence-corrected chi connectivity index (χ1v) is 9.57. The Morgan fingerprint density at radius 3 is 2.89 bits per heavy atom. The molecule has 2 heterocycles. The van der Waals surface area contributed by atoms with E-state index in [9.17, 15) is 9.59 Å². The summed E-state index contributed by atoms with van der Waals surface area (Å²) in [6, 6.07) is 13.8. The van der Waals surface area contributed by atoms with E-state index < -0.39 is 0 Å². The van der Waals surface area contributed by atoms with E-state index in [-0.39, 0.29) is 30.9 Å². The quantitative estimate of drug-likeness (QED) is 0.866. The summed E-state index contributed by atoms with van der Waals surface area (Å²) in [7, 11) is 1.52. The van der Waals surface area contributed by atoms with Gasteiger partial charge in [-0.2, -0.15) is 0 Å². The van der Waals surface area contributed by atoms with Crippen molar-refractivity contribution in [3.05, 3.63) is 59.2 Å². The number of hydrogen-bond acceptors (Lipinski definition) is 4. The lowest BCUT2D eigenvalue weighted by molar-refractivity contribution is -0.122. The van der Waals surface area contributed by atoms with Gasteiger partial charge in [-0.25, -0.2) is 0 Å². The van der Waals surface area contributed by atoms with Crippen molar-refractivity contribution in [2.75, 3.05) is 37.1 Å². The SMILES string of the molecule is COCC(=O)N1CCc2cc(NC(=O)CC3OCCc4ccccc43)ccc21. The lowest BCUT2D eigenvalue weighted by Crippen LogP contribution is -2.31. The number of hydrogen-bond donors (Lipinski definition) is 1. The maximum Gasteiger partial charge on any atom is 0.252 e. The zero-order chi connectivity index (χ0) is 19.5. The fourth-order valence-corrected chi connectivity index (χ4v) is 3.97. The van der Waals surface area contributed by atoms with E-state index in [1.165, 1.54) is 12.7 Å². The van der Waals surface area contributed by atoms with Crippen LogP contribution in [0.25, 0.3) is 0 Å². The monoisotopic (exact) mass is 380 g/mol. The van der Waals surface area contributed by atoms with Crippen molar-refractivity contribution in [1.82, 2.24) is 0 Å². The maximum absolute atomic E-state index is 12.6. The van der Waals surface area contributed by atoms with Crippen LogP contribution in [0.1, 0.15) is 29.2 Å². The van der Waals surface area contributed by atoms with Crippen LogP contribution in [0.4, 0.5) is 11.4 Å². The molecule has 1 unspecified atom stereocenters. The van der Waals surface area contributed by atoms with E-state index >= 15 is 0 Å². The molecule has 4 rings (SSSR count). The fourth-order valence-electron chi connectivity index (χ4n) is 3.97. The molecule has 146 valence electrons. The van der Waals surface area contributed by atoms with E-state index in [1.54, 1.807) is 4.90 Å². The Morgan fingerprint density at radius 2 is 2.04 bits per heavy atom. The van der Waals surface area contributed by atoms with Gasteiger partial charge in [0.05, 0.1) is 19.1 Å². The number of carbonyl (C=O) groups excluding carboxylic acids is 2. The topological polar surface area (TPSA) is 67.9 Å². The van der Waals surface area contributed by atoms with Crippen molar-refractivity contribution in [3.8, 4) is 0 Å². The molecule has 1 N–H and O–H groups in total. The summed E-state index contributed by atoms with van der Waals surface area (Å²) < 4.78 is 10.8. The predicted octanol–water partition coefficient (Wildman–Crippen LogP) is 2.86. The first-order chi connectivity index (χ1) is 13.7. The Balaban J connectivity index is 1.42. The molecule has 2 amide bonds. The molecule has 6 nitrogen and oxygen atoms in total. The number of fused-ring (bicyclic) bond motifs is 2. The number of ether oxygens (including phenoxy) is 2. The molecule has 2 aromatic rings. The van der Waals surface area contributed by atoms with Gasteiger partial charge in [-0.3, -0.25) is 9.59 Å². The number of carbonyl (C=O) groups is 2. The molecule has 0 bridgehead atoms. The Morgan fingerprint density at radius 1 is 1.18 bits per heavy atom. The van der Waals surface area contributed by atoms with Gasteiger partial charge in [0.15, 0.2) is 0 Å². The molecule has 0 aromatic heterocycles. The van der Waals surface area contributed by atoms with Crippen LogP contribution in [0, 0.1) is 0 Å². The second-order valence-corrected chi connectivity index (χ2v) is 7.13. The summed E-state index contributed by atoms with van der Waals surface area (Å²) in [6.07, 6.45) is 1.74. The first kappa shape index (κ1) is 18.7. The van der Waals surface area contributed by atoms with Crippen LogP contribution < -0.4 is 10.2 Å². The normalized spacial score (nSPS) is 17.8. The molecule has 0 aliphatic carbocycles. The Hall–Kier alpha value is -2.70. The first-order valence-electron chi connectivity index (χ1n) is 9.57. The summed E-state index contributed by atoms with van der Waals surface area (Å²) >= 11 is 0. The largest absolute Gasteiger partial charge is 0.375 e. The van der Waals surface area contributed by atoms with E-state index in [1.807, 2.05) is 36.4 Å². The molecule has 0 radical (unpaired) electrons. The minimum Gasteiger partial charge on any atom is -0.375 e. The van der Waals surface area contributed by atoms with Crippen molar-refractivity contribution in [2.45, 2.75) is 25.4 Å². The van der Waals surface area contributed by atoms with Gasteiger partial charge < -0.3 is 19.7 Å². The highest BCUT2D eigenvalue weighted by atomic mass is 16.5. The highest BCUT2D eigenvalue weighted by molar-refractivity contribution is 5.97. The van der Waals surface area contributed by atoms with Gasteiger partial charge in [0, 0.05) is 25.0 Å². The zero-order valence-electron chi connectivity index (χ0n) is 15.9. The second-order valence-electron chi connectivity index (χ2n) is 7.13. The number of amides is 2. The molecular weight excluding hydrogens is 356 g/mol. The van der Waals surface area contributed by atoms with Crippen LogP contribution in [0.5, 0.6) is 0 Å². The summed E-state index contributed by atoms with van der Waals surface area (Å²) in [4.78, 5) is 26.4. The molecular formula is C22H24N2O4. The van der Waals surface area contributed by atoms with Gasteiger partial charge in [0.2, 0.25) is 5.91 Å². The summed E-state index contributed by atoms with van der Waals surface area (Å²) in [5, 5.41) is 2.97. The van der Waals surface area contributed by atoms with Gasteiger partial charge in [0.1, 0.15) is 6.61 Å². The summed E-state index contributed by atoms with van der Waals surface area (Å²) in [6.45, 7) is 1.35. The lowest BCUT2D eigenvalue weighted by atomic mass is 9.95. The number of methoxy groups -OCH3 is 1. The Kier molecular flexibility index (Phi) is 5.41. The van der Waals surface area contributed by atoms with Gasteiger partial charge in [-0.05, 0) is 47.7 Å². The minimum absolute atomic E-state index is 0.0499. The number of benzene rings is 2. The number of nitrogens with zero attached hydrogens (tertiary/aromatic N) is 1. The van der Waals surface area contributed by atoms with Crippen LogP contribution in [0.15, 0.2) is 42.5 Å². The Bertz CT molecular complexity index is 896. The third-order valence-corrected chi connectivity index (χ3v) is 5.29. The number of rotatable bonds is 5. The molecule has 0 saturated heterocycles. The average molecular weight is 380 g/mol. The van der Waals surface area contributed by atoms with Crippen LogP contribution in [0.3, 0.4) is 0 Å². The standard InChI is InChI=1S/C22H24N2O4/c1-27-14-22(26)24-10-8-16-12-17(6-7-19(16)24)23-21(25)13-20-18-5-3-2-4-15(18)9-11-28-20/h2-7,12,20H,8-11,13-14H2,1H3,(H,23,25). The third-order valence-electron chi connectivity index (χ3n) is 5.29. The highest BCUT2D eigenvalue weighted by Crippen LogP contribution is 2.32. The second kappa shape index (κ2) is 8.12. The van der Waals surface area contributed by atoms with Crippen LogP contribution in [0.2, 0.25) is 0 Å². The molecule has 0 spiro atoms. The Labute approximate surface area is 164 Å². The van der Waals surface area contributed by atoms with Crippen LogP contribution >= 0.6 is 0 Å². The lowest BCUT2D eigenvalue weighted by Gasteiger charge is -2.25. The van der Waals surface area contributed by atoms with Gasteiger partial charge in [0.25, 0.3) is 5.91 Å². The number of nitrogens with one attached hydrogen (secondary N) is 1. The number of anilines is 2. The molecule has 6 heteroatoms. The van der Waals surface area contributed by atoms with Gasteiger partial charge in [-0.1, -0.05) is 24.3 Å². The molecule has 2 aliphatic rings. The van der Waals surface area contributed by atoms with Crippen molar-refractivity contribution < 1.29 is 19.1 Å². The predicted molar refractivity (Wildman–Crippen MR) is 106 cm³/mol. The van der Waals surface area contributed by atoms with Gasteiger partial charge in [-0.15, -0.1) is 0 Å². The van der Waals surface area contributed by atoms with Gasteiger partial charge >= 0.3 is 0 Å². The smallest absolute Gasteiger partial charge is 0.252 e. The molecule has 1 atom stereocenters. The van der Waals surface area contributed by atoms with Crippen molar-refractivity contribution in [3.63, 3.8) is 0 Å². The zero-order valence-corrected chi connectivity index (χ0v) is 15.9. The third kappa shape index (κ3) is 3.79. The van der Waals surface area contributed by atoms with Crippen molar-refractivity contribution in [1.29, 1.82) is 0 Å². The van der Waals surface area contributed by atoms with E-state index in [0.29, 0.717) is 13.2 Å². The molecule has 2 aromatic carbocycles. The maximum atomic E-state index is 12.6. The van der Waals surface area contributed by atoms with Crippen molar-refractivity contribution >= 4 is 23.2 Å². The molecule has 28 heavy (non-hydrogen) atoms.